The number of hydrogen-bond acceptors (Lipinski definition) is 3. The van der Waals surface area contributed by atoms with Crippen LogP contribution in [0.15, 0.2) is 0 Å². The highest BCUT2D eigenvalue weighted by atomic mass is 16.5. The predicted molar refractivity (Wildman–Crippen MR) is 46.9 cm³/mol. The van der Waals surface area contributed by atoms with Crippen LogP contribution < -0.4 is 5.32 Å². The highest BCUT2D eigenvalue weighted by Crippen LogP contribution is 2.22. The van der Waals surface area contributed by atoms with Gasteiger partial charge in [-0.05, 0) is 12.3 Å². The van der Waals surface area contributed by atoms with E-state index in [-0.39, 0.29) is 23.7 Å². The number of esters is 1. The van der Waals surface area contributed by atoms with E-state index in [0.29, 0.717) is 13.0 Å². The van der Waals surface area contributed by atoms with Gasteiger partial charge in [0.05, 0.1) is 13.0 Å². The van der Waals surface area contributed by atoms with Crippen LogP contribution in [0, 0.1) is 11.8 Å². The Morgan fingerprint density at radius 1 is 1.69 bits per heavy atom. The Morgan fingerprint density at radius 2 is 2.38 bits per heavy atom. The molecule has 2 unspecified atom stereocenters. The minimum Gasteiger partial charge on any atom is -0.469 e. The zero-order valence-corrected chi connectivity index (χ0v) is 8.00. The largest absolute Gasteiger partial charge is 0.469 e. The van der Waals surface area contributed by atoms with Gasteiger partial charge in [0, 0.05) is 13.0 Å². The summed E-state index contributed by atoms with van der Waals surface area (Å²) in [6.45, 7) is 2.49. The molecule has 0 aromatic carbocycles. The SMILES string of the molecule is COC(=O)C(C)C1CCNC(=O)C1. The van der Waals surface area contributed by atoms with Crippen LogP contribution in [0.2, 0.25) is 0 Å². The summed E-state index contributed by atoms with van der Waals surface area (Å²) in [7, 11) is 1.38. The molecule has 0 aromatic rings. The van der Waals surface area contributed by atoms with Crippen LogP contribution in [0.5, 0.6) is 0 Å². The van der Waals surface area contributed by atoms with Gasteiger partial charge in [0.15, 0.2) is 0 Å². The van der Waals surface area contributed by atoms with Crippen molar-refractivity contribution in [3.8, 4) is 0 Å². The van der Waals surface area contributed by atoms with Gasteiger partial charge in [-0.25, -0.2) is 0 Å². The Hall–Kier alpha value is -1.06. The summed E-state index contributed by atoms with van der Waals surface area (Å²) in [6, 6.07) is 0. The summed E-state index contributed by atoms with van der Waals surface area (Å²) < 4.78 is 4.63. The number of hydrogen-bond donors (Lipinski definition) is 1. The maximum absolute atomic E-state index is 11.2. The summed E-state index contributed by atoms with van der Waals surface area (Å²) in [5, 5.41) is 2.73. The molecule has 13 heavy (non-hydrogen) atoms. The van der Waals surface area contributed by atoms with Gasteiger partial charge < -0.3 is 10.1 Å². The van der Waals surface area contributed by atoms with Crippen molar-refractivity contribution in [3.63, 3.8) is 0 Å². The highest BCUT2D eigenvalue weighted by Gasteiger charge is 2.29. The van der Waals surface area contributed by atoms with Crippen LogP contribution in [0.1, 0.15) is 19.8 Å². The number of methoxy groups -OCH3 is 1. The molecule has 1 aliphatic heterocycles. The third kappa shape index (κ3) is 2.44. The first kappa shape index (κ1) is 10.0. The molecule has 0 spiro atoms. The number of carbonyl (C=O) groups is 2. The van der Waals surface area contributed by atoms with Crippen molar-refractivity contribution in [1.29, 1.82) is 0 Å². The maximum atomic E-state index is 11.2. The average Bonchev–Trinajstić information content (AvgIpc) is 2.15. The van der Waals surface area contributed by atoms with Crippen LogP contribution in [-0.2, 0) is 14.3 Å². The minimum atomic E-state index is -0.222. The third-order valence-electron chi connectivity index (χ3n) is 2.56. The second kappa shape index (κ2) is 4.25. The molecular weight excluding hydrogens is 170 g/mol. The monoisotopic (exact) mass is 185 g/mol. The Bertz CT molecular complexity index is 215. The van der Waals surface area contributed by atoms with E-state index < -0.39 is 0 Å². The molecule has 0 aliphatic carbocycles. The molecule has 0 aromatic heterocycles. The lowest BCUT2D eigenvalue weighted by molar-refractivity contribution is -0.147. The van der Waals surface area contributed by atoms with Crippen LogP contribution >= 0.6 is 0 Å². The quantitative estimate of drug-likeness (QED) is 0.630. The summed E-state index contributed by atoms with van der Waals surface area (Å²) in [5.41, 5.74) is 0. The predicted octanol–water partition coefficient (Wildman–Crippen LogP) is 0.322. The molecule has 2 atom stereocenters. The molecule has 1 heterocycles. The van der Waals surface area contributed by atoms with Crippen LogP contribution in [0.25, 0.3) is 0 Å². The van der Waals surface area contributed by atoms with Crippen molar-refractivity contribution in [3.05, 3.63) is 0 Å². The Morgan fingerprint density at radius 3 is 2.92 bits per heavy atom. The van der Waals surface area contributed by atoms with E-state index in [1.54, 1.807) is 0 Å². The zero-order valence-electron chi connectivity index (χ0n) is 8.00. The number of piperidine rings is 1. The number of ether oxygens (including phenoxy) is 1. The molecule has 1 saturated heterocycles. The van der Waals surface area contributed by atoms with E-state index >= 15 is 0 Å². The second-order valence-corrected chi connectivity index (χ2v) is 3.41. The van der Waals surface area contributed by atoms with Gasteiger partial charge in [-0.1, -0.05) is 6.92 Å². The fourth-order valence-electron chi connectivity index (χ4n) is 1.61. The summed E-state index contributed by atoms with van der Waals surface area (Å²) >= 11 is 0. The van der Waals surface area contributed by atoms with Crippen molar-refractivity contribution < 1.29 is 14.3 Å². The molecule has 1 amide bonds. The molecule has 1 rings (SSSR count). The molecule has 0 radical (unpaired) electrons. The molecule has 1 fully saturated rings. The number of nitrogens with one attached hydrogen (secondary N) is 1. The van der Waals surface area contributed by atoms with Crippen LogP contribution in [0.3, 0.4) is 0 Å². The van der Waals surface area contributed by atoms with Crippen LogP contribution in [0.4, 0.5) is 0 Å². The number of rotatable bonds is 2. The van der Waals surface area contributed by atoms with Gasteiger partial charge in [-0.15, -0.1) is 0 Å². The first-order valence-electron chi connectivity index (χ1n) is 4.49. The molecule has 1 N–H and O–H groups in total. The van der Waals surface area contributed by atoms with E-state index in [1.807, 2.05) is 6.92 Å². The maximum Gasteiger partial charge on any atom is 0.308 e. The zero-order chi connectivity index (χ0) is 9.84. The van der Waals surface area contributed by atoms with Crippen molar-refractivity contribution >= 4 is 11.9 Å². The third-order valence-corrected chi connectivity index (χ3v) is 2.56. The van der Waals surface area contributed by atoms with Gasteiger partial charge in [-0.3, -0.25) is 9.59 Å². The Balaban J connectivity index is 2.50. The first-order chi connectivity index (χ1) is 6.15. The van der Waals surface area contributed by atoms with Crippen molar-refractivity contribution in [2.45, 2.75) is 19.8 Å². The lowest BCUT2D eigenvalue weighted by atomic mass is 9.86. The van der Waals surface area contributed by atoms with Crippen molar-refractivity contribution in [2.24, 2.45) is 11.8 Å². The lowest BCUT2D eigenvalue weighted by Gasteiger charge is -2.25. The van der Waals surface area contributed by atoms with E-state index in [2.05, 4.69) is 10.1 Å². The van der Waals surface area contributed by atoms with Gasteiger partial charge >= 0.3 is 5.97 Å². The fraction of sp³-hybridized carbons (Fsp3) is 0.778. The van der Waals surface area contributed by atoms with Crippen LogP contribution in [-0.4, -0.2) is 25.5 Å². The Kier molecular flexibility index (Phi) is 3.28. The van der Waals surface area contributed by atoms with Crippen molar-refractivity contribution in [1.82, 2.24) is 5.32 Å². The van der Waals surface area contributed by atoms with Crippen molar-refractivity contribution in [2.75, 3.05) is 13.7 Å². The lowest BCUT2D eigenvalue weighted by Crippen LogP contribution is -2.37. The van der Waals surface area contributed by atoms with Gasteiger partial charge in [0.2, 0.25) is 5.91 Å². The molecule has 0 saturated carbocycles. The van der Waals surface area contributed by atoms with E-state index in [9.17, 15) is 9.59 Å². The average molecular weight is 185 g/mol. The summed E-state index contributed by atoms with van der Waals surface area (Å²) in [6.07, 6.45) is 1.30. The first-order valence-corrected chi connectivity index (χ1v) is 4.49. The normalized spacial score (nSPS) is 24.8. The van der Waals surface area contributed by atoms with E-state index in [1.165, 1.54) is 7.11 Å². The fourth-order valence-corrected chi connectivity index (χ4v) is 1.61. The molecule has 0 bridgehead atoms. The smallest absolute Gasteiger partial charge is 0.308 e. The number of carbonyl (C=O) groups excluding carboxylic acids is 2. The summed E-state index contributed by atoms with van der Waals surface area (Å²) in [4.78, 5) is 22.2. The minimum absolute atomic E-state index is 0.0343. The molecular formula is C9H15NO3. The molecule has 4 heteroatoms. The molecule has 74 valence electrons. The molecule has 1 aliphatic rings. The standard InChI is InChI=1S/C9H15NO3/c1-6(9(12)13-2)7-3-4-10-8(11)5-7/h6-7H,3-5H2,1-2H3,(H,10,11). The molecule has 4 nitrogen and oxygen atoms in total. The Labute approximate surface area is 77.6 Å². The topological polar surface area (TPSA) is 55.4 Å². The van der Waals surface area contributed by atoms with Gasteiger partial charge in [0.1, 0.15) is 0 Å². The number of amides is 1. The second-order valence-electron chi connectivity index (χ2n) is 3.41. The highest BCUT2D eigenvalue weighted by molar-refractivity contribution is 5.79. The van der Waals surface area contributed by atoms with Gasteiger partial charge in [-0.2, -0.15) is 0 Å². The summed E-state index contributed by atoms with van der Waals surface area (Å²) in [5.74, 6) is -0.219. The van der Waals surface area contributed by atoms with E-state index in [0.717, 1.165) is 6.42 Å². The van der Waals surface area contributed by atoms with E-state index in [4.69, 9.17) is 0 Å². The van der Waals surface area contributed by atoms with Gasteiger partial charge in [0.25, 0.3) is 0 Å².